The summed E-state index contributed by atoms with van der Waals surface area (Å²) in [7, 11) is 0. The van der Waals surface area contributed by atoms with Crippen molar-refractivity contribution in [3.63, 3.8) is 0 Å². The third-order valence-electron chi connectivity index (χ3n) is 7.34. The van der Waals surface area contributed by atoms with Crippen LogP contribution in [0.5, 0.6) is 0 Å². The summed E-state index contributed by atoms with van der Waals surface area (Å²) < 4.78 is 15.2. The van der Waals surface area contributed by atoms with Crippen LogP contribution in [-0.4, -0.2) is 39.9 Å². The molecular formula is C25H28FN3O3. The van der Waals surface area contributed by atoms with Gasteiger partial charge in [-0.25, -0.2) is 4.39 Å². The standard InChI is InChI=1S/C25H28FN3O3/c26-20-6-4-17(5-7-20)13-25(10-8-22(30)27-25)11-9-23(31)28-14-18-12-19(16-28)21-2-1-3-24(32)29(21)15-18/h1-7,18-19H,8-16H2,(H,27,30)/t18-,19-,25-/m0/s1. The normalized spacial score (nSPS) is 26.5. The number of halogens is 1. The number of hydrogen-bond acceptors (Lipinski definition) is 3. The van der Waals surface area contributed by atoms with Gasteiger partial charge >= 0.3 is 0 Å². The van der Waals surface area contributed by atoms with Crippen LogP contribution in [-0.2, 0) is 22.6 Å². The number of piperidine rings is 1. The highest BCUT2D eigenvalue weighted by Crippen LogP contribution is 2.36. The second kappa shape index (κ2) is 8.19. The quantitative estimate of drug-likeness (QED) is 0.782. The van der Waals surface area contributed by atoms with Crippen LogP contribution in [0.1, 0.15) is 49.3 Å². The largest absolute Gasteiger partial charge is 0.350 e. The lowest BCUT2D eigenvalue weighted by Crippen LogP contribution is -2.50. The van der Waals surface area contributed by atoms with E-state index in [0.717, 1.165) is 17.7 Å². The third-order valence-corrected chi connectivity index (χ3v) is 7.34. The Kier molecular flexibility index (Phi) is 5.35. The number of benzene rings is 1. The zero-order valence-electron chi connectivity index (χ0n) is 18.1. The minimum Gasteiger partial charge on any atom is -0.350 e. The number of aromatic nitrogens is 1. The van der Waals surface area contributed by atoms with Crippen molar-refractivity contribution in [1.29, 1.82) is 0 Å². The molecule has 5 rings (SSSR count). The number of amides is 2. The number of nitrogens with zero attached hydrogens (tertiary/aromatic N) is 2. The summed E-state index contributed by atoms with van der Waals surface area (Å²) in [5.41, 5.74) is 1.56. The lowest BCUT2D eigenvalue weighted by atomic mass is 9.82. The Balaban J connectivity index is 1.27. The predicted octanol–water partition coefficient (Wildman–Crippen LogP) is 2.60. The summed E-state index contributed by atoms with van der Waals surface area (Å²) in [6.07, 6.45) is 3.66. The van der Waals surface area contributed by atoms with Crippen LogP contribution < -0.4 is 10.9 Å². The van der Waals surface area contributed by atoms with Crippen LogP contribution in [0.3, 0.4) is 0 Å². The zero-order chi connectivity index (χ0) is 22.3. The molecule has 0 spiro atoms. The van der Waals surface area contributed by atoms with Gasteiger partial charge in [-0.2, -0.15) is 0 Å². The van der Waals surface area contributed by atoms with Gasteiger partial charge in [0.2, 0.25) is 11.8 Å². The van der Waals surface area contributed by atoms with E-state index in [-0.39, 0.29) is 29.1 Å². The highest BCUT2D eigenvalue weighted by molar-refractivity contribution is 5.80. The second-order valence-corrected chi connectivity index (χ2v) is 9.63. The smallest absolute Gasteiger partial charge is 0.250 e. The van der Waals surface area contributed by atoms with Crippen molar-refractivity contribution in [2.75, 3.05) is 13.1 Å². The fourth-order valence-electron chi connectivity index (χ4n) is 5.78. The van der Waals surface area contributed by atoms with E-state index < -0.39 is 5.54 Å². The number of hydrogen-bond donors (Lipinski definition) is 1. The minimum absolute atomic E-state index is 0.00844. The summed E-state index contributed by atoms with van der Waals surface area (Å²) in [4.78, 5) is 39.4. The van der Waals surface area contributed by atoms with Gasteiger partial charge in [0, 0.05) is 55.7 Å². The van der Waals surface area contributed by atoms with Gasteiger partial charge < -0.3 is 14.8 Å². The zero-order valence-corrected chi connectivity index (χ0v) is 18.1. The van der Waals surface area contributed by atoms with Crippen LogP contribution in [0.2, 0.25) is 0 Å². The van der Waals surface area contributed by atoms with E-state index in [4.69, 9.17) is 0 Å². The highest BCUT2D eigenvalue weighted by Gasteiger charge is 2.40. The molecule has 3 aliphatic rings. The maximum absolute atomic E-state index is 13.3. The molecule has 3 atom stereocenters. The number of rotatable bonds is 5. The van der Waals surface area contributed by atoms with Gasteiger partial charge in [0.25, 0.3) is 5.56 Å². The Morgan fingerprint density at radius 1 is 1.09 bits per heavy atom. The van der Waals surface area contributed by atoms with Crippen molar-refractivity contribution < 1.29 is 14.0 Å². The van der Waals surface area contributed by atoms with Crippen molar-refractivity contribution >= 4 is 11.8 Å². The molecule has 2 aromatic rings. The third kappa shape index (κ3) is 4.08. The average Bonchev–Trinajstić information content (AvgIpc) is 3.15. The van der Waals surface area contributed by atoms with E-state index in [1.54, 1.807) is 24.3 Å². The summed E-state index contributed by atoms with van der Waals surface area (Å²) in [6, 6.07) is 11.8. The summed E-state index contributed by atoms with van der Waals surface area (Å²) >= 11 is 0. The fraction of sp³-hybridized carbons (Fsp3) is 0.480. The lowest BCUT2D eigenvalue weighted by molar-refractivity contribution is -0.134. The van der Waals surface area contributed by atoms with E-state index in [2.05, 4.69) is 5.32 Å². The maximum atomic E-state index is 13.3. The molecule has 32 heavy (non-hydrogen) atoms. The summed E-state index contributed by atoms with van der Waals surface area (Å²) in [5, 5.41) is 3.11. The highest BCUT2D eigenvalue weighted by atomic mass is 19.1. The van der Waals surface area contributed by atoms with Gasteiger partial charge in [0.1, 0.15) is 5.82 Å². The van der Waals surface area contributed by atoms with Gasteiger partial charge in [-0.1, -0.05) is 18.2 Å². The van der Waals surface area contributed by atoms with E-state index in [1.807, 2.05) is 15.5 Å². The Bertz CT molecular complexity index is 1100. The summed E-state index contributed by atoms with van der Waals surface area (Å²) in [5.74, 6) is 0.317. The number of nitrogens with one attached hydrogen (secondary N) is 1. The van der Waals surface area contributed by atoms with Gasteiger partial charge in [0.15, 0.2) is 0 Å². The first kappa shape index (κ1) is 20.9. The van der Waals surface area contributed by atoms with Crippen molar-refractivity contribution in [3.05, 3.63) is 69.9 Å². The van der Waals surface area contributed by atoms with E-state index in [9.17, 15) is 18.8 Å². The minimum atomic E-state index is -0.462. The Morgan fingerprint density at radius 3 is 2.66 bits per heavy atom. The molecule has 1 N–H and O–H groups in total. The summed E-state index contributed by atoms with van der Waals surface area (Å²) in [6.45, 7) is 1.98. The molecule has 3 aliphatic heterocycles. The van der Waals surface area contributed by atoms with Crippen molar-refractivity contribution in [2.45, 2.75) is 56.5 Å². The fourth-order valence-corrected chi connectivity index (χ4v) is 5.78. The van der Waals surface area contributed by atoms with Crippen molar-refractivity contribution in [1.82, 2.24) is 14.8 Å². The van der Waals surface area contributed by atoms with Crippen LogP contribution in [0.25, 0.3) is 0 Å². The van der Waals surface area contributed by atoms with Crippen LogP contribution >= 0.6 is 0 Å². The first-order valence-electron chi connectivity index (χ1n) is 11.4. The molecule has 2 saturated heterocycles. The van der Waals surface area contributed by atoms with Crippen LogP contribution in [0, 0.1) is 11.7 Å². The molecule has 2 bridgehead atoms. The van der Waals surface area contributed by atoms with E-state index in [1.165, 1.54) is 12.1 Å². The Morgan fingerprint density at radius 2 is 1.91 bits per heavy atom. The van der Waals surface area contributed by atoms with Gasteiger partial charge in [-0.3, -0.25) is 14.4 Å². The van der Waals surface area contributed by atoms with Crippen LogP contribution in [0.15, 0.2) is 47.3 Å². The lowest BCUT2D eigenvalue weighted by Gasteiger charge is -2.43. The first-order valence-corrected chi connectivity index (χ1v) is 11.4. The van der Waals surface area contributed by atoms with Crippen molar-refractivity contribution in [3.8, 4) is 0 Å². The van der Waals surface area contributed by atoms with Crippen LogP contribution in [0.4, 0.5) is 4.39 Å². The molecule has 1 aromatic carbocycles. The second-order valence-electron chi connectivity index (χ2n) is 9.63. The van der Waals surface area contributed by atoms with E-state index >= 15 is 0 Å². The van der Waals surface area contributed by atoms with Gasteiger partial charge in [-0.15, -0.1) is 0 Å². The number of pyridine rings is 1. The molecule has 0 aliphatic carbocycles. The van der Waals surface area contributed by atoms with Gasteiger partial charge in [-0.05, 0) is 55.4 Å². The molecule has 0 unspecified atom stereocenters. The van der Waals surface area contributed by atoms with Crippen molar-refractivity contribution in [2.24, 2.45) is 5.92 Å². The molecule has 2 fully saturated rings. The first-order chi connectivity index (χ1) is 15.4. The van der Waals surface area contributed by atoms with E-state index in [0.29, 0.717) is 57.7 Å². The molecule has 168 valence electrons. The molecule has 6 nitrogen and oxygen atoms in total. The molecule has 0 saturated carbocycles. The number of fused-ring (bicyclic) bond motifs is 4. The topological polar surface area (TPSA) is 71.4 Å². The Labute approximate surface area is 186 Å². The molecule has 4 heterocycles. The SMILES string of the molecule is O=C1CC[C@](CCC(=O)N2C[C@@H]3C[C@@H](C2)c2cccc(=O)n2C3)(Cc2ccc(F)cc2)N1. The maximum Gasteiger partial charge on any atom is 0.250 e. The predicted molar refractivity (Wildman–Crippen MR) is 118 cm³/mol. The molecular weight excluding hydrogens is 409 g/mol. The molecule has 0 radical (unpaired) electrons. The van der Waals surface area contributed by atoms with Gasteiger partial charge in [0.05, 0.1) is 0 Å². The Hall–Kier alpha value is -2.96. The average molecular weight is 438 g/mol. The monoisotopic (exact) mass is 437 g/mol. The number of carbonyl (C=O) groups is 2. The molecule has 7 heteroatoms. The number of carbonyl (C=O) groups excluding carboxylic acids is 2. The number of likely N-dealkylation sites (tertiary alicyclic amines) is 1. The molecule has 2 amide bonds. The molecule has 1 aromatic heterocycles.